The van der Waals surface area contributed by atoms with Gasteiger partial charge in [-0.3, -0.25) is 0 Å². The van der Waals surface area contributed by atoms with Gasteiger partial charge in [0.2, 0.25) is 0 Å². The van der Waals surface area contributed by atoms with E-state index in [4.69, 9.17) is 16.0 Å². The predicted octanol–water partition coefficient (Wildman–Crippen LogP) is 7.13. The van der Waals surface area contributed by atoms with Gasteiger partial charge in [0.25, 0.3) is 0 Å². The molecule has 0 bridgehead atoms. The molecule has 0 aliphatic heterocycles. The lowest BCUT2D eigenvalue weighted by molar-refractivity contribution is 0.260. The van der Waals surface area contributed by atoms with Crippen molar-refractivity contribution in [3.05, 3.63) is 46.7 Å². The van der Waals surface area contributed by atoms with Crippen molar-refractivity contribution >= 4 is 36.4 Å². The van der Waals surface area contributed by atoms with Gasteiger partial charge in [-0.2, -0.15) is 0 Å². The van der Waals surface area contributed by atoms with Gasteiger partial charge >= 0.3 is 0 Å². The maximum Gasteiger partial charge on any atom is 0.134 e. The van der Waals surface area contributed by atoms with Crippen LogP contribution in [0, 0.1) is 6.92 Å². The molecule has 1 heterocycles. The summed E-state index contributed by atoms with van der Waals surface area (Å²) in [6.45, 7) is 12.0. The third kappa shape index (κ3) is 9.76. The first-order chi connectivity index (χ1) is 13.2. The Morgan fingerprint density at radius 3 is 2.24 bits per heavy atom. The Hall–Kier alpha value is -0.710. The van der Waals surface area contributed by atoms with Crippen LogP contribution in [0.4, 0.5) is 0 Å². The molecule has 0 aliphatic carbocycles. The van der Waals surface area contributed by atoms with Gasteiger partial charge < -0.3 is 14.6 Å². The average Bonchev–Trinajstić information content (AvgIpc) is 3.14. The lowest BCUT2D eigenvalue weighted by Gasteiger charge is -2.21. The van der Waals surface area contributed by atoms with Gasteiger partial charge in [-0.05, 0) is 76.1 Å². The van der Waals surface area contributed by atoms with Crippen LogP contribution < -0.4 is 5.32 Å². The fraction of sp³-hybridized carbons (Fsp3) is 0.565. The summed E-state index contributed by atoms with van der Waals surface area (Å²) in [6, 6.07) is 10.0. The minimum atomic E-state index is 0. The smallest absolute Gasteiger partial charge is 0.134 e. The van der Waals surface area contributed by atoms with E-state index in [9.17, 15) is 0 Å². The molecule has 0 amide bonds. The molecule has 1 aromatic heterocycles. The Kier molecular flexibility index (Phi) is 15.6. The molecule has 0 aliphatic rings. The average molecular weight is 464 g/mol. The van der Waals surface area contributed by atoms with Crippen molar-refractivity contribution in [2.45, 2.75) is 59.4 Å². The third-order valence-corrected chi connectivity index (χ3v) is 5.39. The van der Waals surface area contributed by atoms with Crippen LogP contribution in [0.25, 0.3) is 11.3 Å². The second-order valence-corrected chi connectivity index (χ2v) is 7.66. The van der Waals surface area contributed by atoms with Crippen molar-refractivity contribution in [2.75, 3.05) is 26.2 Å². The van der Waals surface area contributed by atoms with Crippen LogP contribution in [0.15, 0.2) is 34.7 Å². The first-order valence-corrected chi connectivity index (χ1v) is 10.8. The first kappa shape index (κ1) is 28.3. The predicted molar refractivity (Wildman–Crippen MR) is 131 cm³/mol. The fourth-order valence-electron chi connectivity index (χ4n) is 3.23. The molecule has 0 spiro atoms. The van der Waals surface area contributed by atoms with Gasteiger partial charge in [0.15, 0.2) is 0 Å². The number of unbranched alkanes of at least 4 members (excludes halogenated alkanes) is 2. The second kappa shape index (κ2) is 16.0. The number of rotatable bonds is 13. The summed E-state index contributed by atoms with van der Waals surface area (Å²) in [5.74, 6) is 1.86. The molecule has 3 nitrogen and oxygen atoms in total. The summed E-state index contributed by atoms with van der Waals surface area (Å²) in [5.41, 5.74) is 2.13. The molecular weight excluding hydrogens is 427 g/mol. The fourth-order valence-corrected chi connectivity index (χ4v) is 3.40. The van der Waals surface area contributed by atoms with E-state index in [1.165, 1.54) is 51.7 Å². The van der Waals surface area contributed by atoms with Gasteiger partial charge in [-0.1, -0.05) is 50.4 Å². The second-order valence-electron chi connectivity index (χ2n) is 7.26. The largest absolute Gasteiger partial charge is 0.460 e. The summed E-state index contributed by atoms with van der Waals surface area (Å²) in [5, 5.41) is 4.29. The standard InChI is InChI=1S/C23H35ClN2O.2ClH/c1-4-6-15-26(16-7-5-2)17-9-14-25-18-20-12-13-23(27-20)21-10-8-11-22(24)19(21)3;;/h8,10-13,25H,4-7,9,14-18H2,1-3H3;2*1H. The highest BCUT2D eigenvalue weighted by Gasteiger charge is 2.09. The van der Waals surface area contributed by atoms with Gasteiger partial charge in [0, 0.05) is 10.6 Å². The van der Waals surface area contributed by atoms with E-state index in [1.807, 2.05) is 25.1 Å². The van der Waals surface area contributed by atoms with Crippen LogP contribution in [0.2, 0.25) is 5.02 Å². The van der Waals surface area contributed by atoms with Crippen LogP contribution in [0.1, 0.15) is 57.3 Å². The number of halogens is 3. The van der Waals surface area contributed by atoms with Crippen molar-refractivity contribution in [3.8, 4) is 11.3 Å². The normalized spacial score (nSPS) is 10.7. The zero-order chi connectivity index (χ0) is 19.5. The number of hydrogen-bond donors (Lipinski definition) is 1. The molecule has 6 heteroatoms. The summed E-state index contributed by atoms with van der Waals surface area (Å²) < 4.78 is 6.01. The van der Waals surface area contributed by atoms with Crippen molar-refractivity contribution in [1.82, 2.24) is 10.2 Å². The van der Waals surface area contributed by atoms with Gasteiger partial charge in [0.05, 0.1) is 6.54 Å². The molecule has 0 unspecified atom stereocenters. The Balaban J connectivity index is 0.00000392. The van der Waals surface area contributed by atoms with E-state index in [1.54, 1.807) is 0 Å². The number of hydrogen-bond acceptors (Lipinski definition) is 3. The number of nitrogens with zero attached hydrogens (tertiary/aromatic N) is 1. The highest BCUT2D eigenvalue weighted by atomic mass is 35.5. The van der Waals surface area contributed by atoms with Crippen molar-refractivity contribution in [1.29, 1.82) is 0 Å². The topological polar surface area (TPSA) is 28.4 Å². The quantitative estimate of drug-likeness (QED) is 0.320. The molecule has 166 valence electrons. The summed E-state index contributed by atoms with van der Waals surface area (Å²) in [4.78, 5) is 2.61. The van der Waals surface area contributed by atoms with E-state index in [2.05, 4.69) is 36.2 Å². The molecule has 1 aromatic carbocycles. The SMILES string of the molecule is CCCCN(CCCC)CCCNCc1ccc(-c2cccc(Cl)c2C)o1.Cl.Cl. The molecule has 2 aromatic rings. The molecule has 2 rings (SSSR count). The van der Waals surface area contributed by atoms with E-state index in [0.29, 0.717) is 0 Å². The minimum absolute atomic E-state index is 0. The zero-order valence-electron chi connectivity index (χ0n) is 18.0. The lowest BCUT2D eigenvalue weighted by atomic mass is 10.1. The Morgan fingerprint density at radius 2 is 1.59 bits per heavy atom. The van der Waals surface area contributed by atoms with Crippen molar-refractivity contribution in [2.24, 2.45) is 0 Å². The molecule has 0 saturated heterocycles. The van der Waals surface area contributed by atoms with Crippen LogP contribution in [-0.4, -0.2) is 31.1 Å². The third-order valence-electron chi connectivity index (χ3n) is 4.98. The lowest BCUT2D eigenvalue weighted by Crippen LogP contribution is -2.29. The molecule has 0 atom stereocenters. The van der Waals surface area contributed by atoms with E-state index >= 15 is 0 Å². The van der Waals surface area contributed by atoms with Gasteiger partial charge in [-0.25, -0.2) is 0 Å². The Morgan fingerprint density at radius 1 is 0.931 bits per heavy atom. The van der Waals surface area contributed by atoms with E-state index in [0.717, 1.165) is 40.8 Å². The van der Waals surface area contributed by atoms with Crippen LogP contribution in [0.3, 0.4) is 0 Å². The highest BCUT2D eigenvalue weighted by molar-refractivity contribution is 6.31. The van der Waals surface area contributed by atoms with Gasteiger partial charge in [0.1, 0.15) is 11.5 Å². The summed E-state index contributed by atoms with van der Waals surface area (Å²) >= 11 is 6.22. The summed E-state index contributed by atoms with van der Waals surface area (Å²) in [7, 11) is 0. The summed E-state index contributed by atoms with van der Waals surface area (Å²) in [6.07, 6.45) is 6.32. The highest BCUT2D eigenvalue weighted by Crippen LogP contribution is 2.29. The number of nitrogens with one attached hydrogen (secondary N) is 1. The molecule has 1 N–H and O–H groups in total. The molecule has 0 saturated carbocycles. The molecule has 0 fully saturated rings. The van der Waals surface area contributed by atoms with Gasteiger partial charge in [-0.15, -0.1) is 24.8 Å². The molecular formula is C23H37Cl3N2O. The van der Waals surface area contributed by atoms with E-state index in [-0.39, 0.29) is 24.8 Å². The molecule has 29 heavy (non-hydrogen) atoms. The maximum absolute atomic E-state index is 6.22. The van der Waals surface area contributed by atoms with E-state index < -0.39 is 0 Å². The van der Waals surface area contributed by atoms with Crippen LogP contribution >= 0.6 is 36.4 Å². The zero-order valence-corrected chi connectivity index (χ0v) is 20.4. The minimum Gasteiger partial charge on any atom is -0.460 e. The van der Waals surface area contributed by atoms with Crippen molar-refractivity contribution < 1.29 is 4.42 Å². The number of benzene rings is 1. The Bertz CT molecular complexity index is 668. The van der Waals surface area contributed by atoms with Crippen LogP contribution in [0.5, 0.6) is 0 Å². The maximum atomic E-state index is 6.22. The van der Waals surface area contributed by atoms with Crippen LogP contribution in [-0.2, 0) is 6.54 Å². The van der Waals surface area contributed by atoms with Crippen molar-refractivity contribution in [3.63, 3.8) is 0 Å². The molecule has 0 radical (unpaired) electrons. The number of furan rings is 1. The first-order valence-electron chi connectivity index (χ1n) is 10.4. The monoisotopic (exact) mass is 462 g/mol. The Labute approximate surface area is 194 Å².